The van der Waals surface area contributed by atoms with Crippen LogP contribution in [0.4, 0.5) is 0 Å². The summed E-state index contributed by atoms with van der Waals surface area (Å²) in [5.74, 6) is 0.855. The molecule has 0 atom stereocenters. The summed E-state index contributed by atoms with van der Waals surface area (Å²) in [5.41, 5.74) is 1.28. The van der Waals surface area contributed by atoms with Gasteiger partial charge >= 0.3 is 0 Å². The fourth-order valence-electron chi connectivity index (χ4n) is 1.70. The molecule has 0 unspecified atom stereocenters. The lowest BCUT2D eigenvalue weighted by molar-refractivity contribution is 0.570. The molecule has 4 nitrogen and oxygen atoms in total. The van der Waals surface area contributed by atoms with Gasteiger partial charge in [0, 0.05) is 24.4 Å². The quantitative estimate of drug-likeness (QED) is 0.481. The van der Waals surface area contributed by atoms with Gasteiger partial charge in [-0.3, -0.25) is 4.99 Å². The largest absolute Gasteiger partial charge is 0.356 e. The third-order valence-corrected chi connectivity index (χ3v) is 3.87. The molecule has 0 saturated heterocycles. The predicted octanol–water partition coefficient (Wildman–Crippen LogP) is 3.30. The molecule has 2 N–H and O–H groups in total. The lowest BCUT2D eigenvalue weighted by Gasteiger charge is -2.14. The van der Waals surface area contributed by atoms with Crippen molar-refractivity contribution in [1.29, 1.82) is 0 Å². The van der Waals surface area contributed by atoms with Crippen molar-refractivity contribution in [3.05, 3.63) is 16.1 Å². The fourth-order valence-corrected chi connectivity index (χ4v) is 2.66. The number of aromatic nitrogens is 1. The molecule has 0 fully saturated rings. The van der Waals surface area contributed by atoms with E-state index in [1.807, 2.05) is 0 Å². The van der Waals surface area contributed by atoms with E-state index in [4.69, 9.17) is 0 Å². The molecule has 1 aromatic heterocycles. The number of unbranched alkanes of at least 4 members (excludes halogenated alkanes) is 2. The van der Waals surface area contributed by atoms with Crippen LogP contribution in [0.15, 0.2) is 10.4 Å². The minimum Gasteiger partial charge on any atom is -0.356 e. The Bertz CT molecular complexity index is 418. The zero-order valence-electron chi connectivity index (χ0n) is 13.4. The summed E-state index contributed by atoms with van der Waals surface area (Å²) in [6.07, 6.45) is 3.68. The van der Waals surface area contributed by atoms with Gasteiger partial charge in [-0.05, 0) is 6.42 Å². The zero-order chi connectivity index (χ0) is 15.0. The number of hydrogen-bond donors (Lipinski definition) is 2. The summed E-state index contributed by atoms with van der Waals surface area (Å²) in [7, 11) is 1.80. The maximum absolute atomic E-state index is 4.67. The summed E-state index contributed by atoms with van der Waals surface area (Å²) < 4.78 is 0. The van der Waals surface area contributed by atoms with Crippen LogP contribution in [0.5, 0.6) is 0 Å². The number of thiazole rings is 1. The van der Waals surface area contributed by atoms with Gasteiger partial charge in [-0.1, -0.05) is 40.5 Å². The molecular formula is C15H28N4S. The monoisotopic (exact) mass is 296 g/mol. The van der Waals surface area contributed by atoms with E-state index in [-0.39, 0.29) is 5.41 Å². The van der Waals surface area contributed by atoms with Gasteiger partial charge in [0.1, 0.15) is 5.01 Å². The van der Waals surface area contributed by atoms with Crippen LogP contribution in [0.1, 0.15) is 57.7 Å². The molecular weight excluding hydrogens is 268 g/mol. The van der Waals surface area contributed by atoms with Crippen molar-refractivity contribution in [3.63, 3.8) is 0 Å². The van der Waals surface area contributed by atoms with E-state index in [1.54, 1.807) is 18.4 Å². The van der Waals surface area contributed by atoms with Crippen LogP contribution in [0.25, 0.3) is 0 Å². The molecule has 1 aromatic rings. The molecule has 1 heterocycles. The zero-order valence-corrected chi connectivity index (χ0v) is 14.2. The van der Waals surface area contributed by atoms with Gasteiger partial charge in [0.05, 0.1) is 12.2 Å². The number of hydrogen-bond acceptors (Lipinski definition) is 3. The van der Waals surface area contributed by atoms with Crippen LogP contribution in [0.3, 0.4) is 0 Å². The van der Waals surface area contributed by atoms with E-state index in [2.05, 4.69) is 53.7 Å². The smallest absolute Gasteiger partial charge is 0.191 e. The van der Waals surface area contributed by atoms with Gasteiger partial charge in [0.2, 0.25) is 0 Å². The van der Waals surface area contributed by atoms with Crippen molar-refractivity contribution in [1.82, 2.24) is 15.6 Å². The molecule has 0 aliphatic carbocycles. The van der Waals surface area contributed by atoms with Crippen molar-refractivity contribution >= 4 is 17.3 Å². The van der Waals surface area contributed by atoms with E-state index in [0.717, 1.165) is 29.8 Å². The minimum atomic E-state index is 0.120. The van der Waals surface area contributed by atoms with Crippen LogP contribution in [0, 0.1) is 0 Å². The highest BCUT2D eigenvalue weighted by molar-refractivity contribution is 7.09. The third kappa shape index (κ3) is 5.90. The Balaban J connectivity index is 2.39. The van der Waals surface area contributed by atoms with Crippen LogP contribution in [-0.4, -0.2) is 24.5 Å². The summed E-state index contributed by atoms with van der Waals surface area (Å²) in [5, 5.41) is 9.89. The maximum Gasteiger partial charge on any atom is 0.191 e. The number of nitrogens with one attached hydrogen (secondary N) is 2. The molecule has 0 spiro atoms. The molecule has 0 aliphatic heterocycles. The van der Waals surface area contributed by atoms with Crippen molar-refractivity contribution in [2.45, 2.75) is 58.9 Å². The van der Waals surface area contributed by atoms with E-state index in [0.29, 0.717) is 0 Å². The number of rotatable bonds is 6. The lowest BCUT2D eigenvalue weighted by atomic mass is 9.93. The highest BCUT2D eigenvalue weighted by Crippen LogP contribution is 2.23. The van der Waals surface area contributed by atoms with Crippen molar-refractivity contribution in [3.8, 4) is 0 Å². The first-order valence-corrected chi connectivity index (χ1v) is 8.24. The average molecular weight is 296 g/mol. The molecule has 0 amide bonds. The standard InChI is InChI=1S/C15H28N4S/c1-6-7-8-9-17-14(16-5)18-10-13-19-12(11-20-13)15(2,3)4/h11H,6-10H2,1-5H3,(H2,16,17,18). The van der Waals surface area contributed by atoms with Gasteiger partial charge in [-0.15, -0.1) is 11.3 Å². The topological polar surface area (TPSA) is 49.3 Å². The van der Waals surface area contributed by atoms with Gasteiger partial charge < -0.3 is 10.6 Å². The second kappa shape index (κ2) is 8.25. The van der Waals surface area contributed by atoms with Crippen molar-refractivity contribution in [2.75, 3.05) is 13.6 Å². The molecule has 114 valence electrons. The SMILES string of the molecule is CCCCCNC(=NC)NCc1nc(C(C)(C)C)cs1. The fraction of sp³-hybridized carbons (Fsp3) is 0.733. The van der Waals surface area contributed by atoms with Crippen LogP contribution in [0.2, 0.25) is 0 Å². The molecule has 0 saturated carbocycles. The van der Waals surface area contributed by atoms with Gasteiger partial charge in [-0.2, -0.15) is 0 Å². The average Bonchev–Trinajstić information content (AvgIpc) is 2.87. The number of aliphatic imine (C=N–C) groups is 1. The van der Waals surface area contributed by atoms with Gasteiger partial charge in [-0.25, -0.2) is 4.98 Å². The number of guanidine groups is 1. The second-order valence-corrected chi connectivity index (χ2v) is 6.88. The Morgan fingerprint density at radius 2 is 2.05 bits per heavy atom. The van der Waals surface area contributed by atoms with Crippen LogP contribution >= 0.6 is 11.3 Å². The predicted molar refractivity (Wildman–Crippen MR) is 88.5 cm³/mol. The highest BCUT2D eigenvalue weighted by Gasteiger charge is 2.17. The molecule has 5 heteroatoms. The van der Waals surface area contributed by atoms with Crippen molar-refractivity contribution < 1.29 is 0 Å². The molecule has 0 aliphatic rings. The van der Waals surface area contributed by atoms with E-state index < -0.39 is 0 Å². The summed E-state index contributed by atoms with van der Waals surface area (Å²) >= 11 is 1.70. The number of nitrogens with zero attached hydrogens (tertiary/aromatic N) is 2. The Labute approximate surface area is 127 Å². The minimum absolute atomic E-state index is 0.120. The van der Waals surface area contributed by atoms with Crippen LogP contribution in [-0.2, 0) is 12.0 Å². The second-order valence-electron chi connectivity index (χ2n) is 5.94. The Hall–Kier alpha value is -1.10. The first-order chi connectivity index (χ1) is 9.47. The van der Waals surface area contributed by atoms with Gasteiger partial charge in [0.25, 0.3) is 0 Å². The van der Waals surface area contributed by atoms with E-state index in [9.17, 15) is 0 Å². The van der Waals surface area contributed by atoms with Crippen molar-refractivity contribution in [2.24, 2.45) is 4.99 Å². The lowest BCUT2D eigenvalue weighted by Crippen LogP contribution is -2.37. The third-order valence-electron chi connectivity index (χ3n) is 3.02. The first kappa shape index (κ1) is 17.0. The van der Waals surface area contributed by atoms with E-state index >= 15 is 0 Å². The molecule has 20 heavy (non-hydrogen) atoms. The molecule has 0 bridgehead atoms. The molecule has 0 aromatic carbocycles. The summed E-state index contributed by atoms with van der Waals surface area (Å²) in [4.78, 5) is 8.90. The van der Waals surface area contributed by atoms with Crippen LogP contribution < -0.4 is 10.6 Å². The van der Waals surface area contributed by atoms with Gasteiger partial charge in [0.15, 0.2) is 5.96 Å². The molecule has 0 radical (unpaired) electrons. The Morgan fingerprint density at radius 1 is 1.30 bits per heavy atom. The summed E-state index contributed by atoms with van der Waals surface area (Å²) in [6, 6.07) is 0. The highest BCUT2D eigenvalue weighted by atomic mass is 32.1. The van der Waals surface area contributed by atoms with E-state index in [1.165, 1.54) is 19.3 Å². The summed E-state index contributed by atoms with van der Waals surface area (Å²) in [6.45, 7) is 10.5. The first-order valence-electron chi connectivity index (χ1n) is 7.36. The normalized spacial score (nSPS) is 12.6. The Morgan fingerprint density at radius 3 is 2.60 bits per heavy atom. The maximum atomic E-state index is 4.67. The Kier molecular flexibility index (Phi) is 6.99. The molecule has 1 rings (SSSR count).